The van der Waals surface area contributed by atoms with E-state index < -0.39 is 0 Å². The quantitative estimate of drug-likeness (QED) is 0.430. The van der Waals surface area contributed by atoms with Gasteiger partial charge in [-0.25, -0.2) is 9.97 Å². The fraction of sp³-hybridized carbons (Fsp3) is 0.455. The maximum atomic E-state index is 4.18. The van der Waals surface area contributed by atoms with E-state index in [2.05, 4.69) is 29.0 Å². The molecule has 0 bridgehead atoms. The van der Waals surface area contributed by atoms with Crippen molar-refractivity contribution in [2.45, 2.75) is 18.5 Å². The Hall–Kier alpha value is -0.830. The highest BCUT2D eigenvalue weighted by molar-refractivity contribution is 7.99. The molecule has 0 amide bonds. The van der Waals surface area contributed by atoms with Crippen LogP contribution >= 0.6 is 11.8 Å². The second-order valence-corrected chi connectivity index (χ2v) is 4.51. The van der Waals surface area contributed by atoms with E-state index in [1.807, 2.05) is 6.07 Å². The molecule has 2 nitrogen and oxygen atoms in total. The molecule has 1 saturated carbocycles. The van der Waals surface area contributed by atoms with E-state index in [4.69, 9.17) is 0 Å². The first-order valence-electron chi connectivity index (χ1n) is 4.93. The zero-order valence-electron chi connectivity index (χ0n) is 8.26. The van der Waals surface area contributed by atoms with Crippen molar-refractivity contribution in [2.24, 2.45) is 11.8 Å². The van der Waals surface area contributed by atoms with E-state index in [0.717, 1.165) is 22.7 Å². The highest BCUT2D eigenvalue weighted by atomic mass is 32.2. The van der Waals surface area contributed by atoms with Crippen molar-refractivity contribution < 1.29 is 0 Å². The molecule has 2 atom stereocenters. The Kier molecular flexibility index (Phi) is 3.19. The second-order valence-electron chi connectivity index (χ2n) is 3.53. The largest absolute Gasteiger partial charge is 0.231 e. The van der Waals surface area contributed by atoms with Gasteiger partial charge in [-0.2, -0.15) is 0 Å². The van der Waals surface area contributed by atoms with Crippen molar-refractivity contribution in [1.29, 1.82) is 0 Å². The number of nitrogens with zero attached hydrogens (tertiary/aromatic N) is 2. The molecule has 2 rings (SSSR count). The number of hydrogen-bond donors (Lipinski definition) is 0. The minimum Gasteiger partial charge on any atom is -0.231 e. The van der Waals surface area contributed by atoms with Gasteiger partial charge in [0.15, 0.2) is 5.16 Å². The zero-order valence-corrected chi connectivity index (χ0v) is 9.07. The minimum absolute atomic E-state index is 0.816. The molecule has 0 saturated heterocycles. The second kappa shape index (κ2) is 4.60. The van der Waals surface area contributed by atoms with Gasteiger partial charge in [-0.05, 0) is 31.2 Å². The van der Waals surface area contributed by atoms with Crippen molar-refractivity contribution in [3.05, 3.63) is 30.6 Å². The normalized spacial score (nSPS) is 25.5. The molecule has 2 unspecified atom stereocenters. The molecule has 1 heterocycles. The van der Waals surface area contributed by atoms with Gasteiger partial charge in [0.2, 0.25) is 0 Å². The number of aromatic nitrogens is 2. The van der Waals surface area contributed by atoms with E-state index in [1.165, 1.54) is 6.42 Å². The summed E-state index contributed by atoms with van der Waals surface area (Å²) >= 11 is 1.76. The number of thioether (sulfide) groups is 1. The number of hydrogen-bond acceptors (Lipinski definition) is 3. The Morgan fingerprint density at radius 2 is 2.29 bits per heavy atom. The van der Waals surface area contributed by atoms with Crippen LogP contribution in [-0.2, 0) is 0 Å². The van der Waals surface area contributed by atoms with Crippen LogP contribution in [-0.4, -0.2) is 15.7 Å². The van der Waals surface area contributed by atoms with Crippen LogP contribution in [0.25, 0.3) is 0 Å². The first-order chi connectivity index (χ1) is 6.90. The first kappa shape index (κ1) is 9.71. The van der Waals surface area contributed by atoms with Crippen LogP contribution in [0.2, 0.25) is 0 Å². The molecule has 14 heavy (non-hydrogen) atoms. The van der Waals surface area contributed by atoms with Gasteiger partial charge < -0.3 is 0 Å². The highest BCUT2D eigenvalue weighted by Crippen LogP contribution is 2.42. The Balaban J connectivity index is 1.75. The molecule has 1 aromatic heterocycles. The molecule has 0 aliphatic heterocycles. The zero-order chi connectivity index (χ0) is 9.80. The van der Waals surface area contributed by atoms with Crippen LogP contribution in [0.5, 0.6) is 0 Å². The van der Waals surface area contributed by atoms with Gasteiger partial charge in [0.05, 0.1) is 0 Å². The van der Waals surface area contributed by atoms with Gasteiger partial charge in [-0.3, -0.25) is 0 Å². The average molecular weight is 206 g/mol. The van der Waals surface area contributed by atoms with E-state index in [-0.39, 0.29) is 0 Å². The van der Waals surface area contributed by atoms with Gasteiger partial charge in [0.1, 0.15) is 0 Å². The summed E-state index contributed by atoms with van der Waals surface area (Å²) < 4.78 is 0. The van der Waals surface area contributed by atoms with Crippen LogP contribution in [0.3, 0.4) is 0 Å². The molecule has 0 N–H and O–H groups in total. The predicted octanol–water partition coefficient (Wildman–Crippen LogP) is 2.78. The molecular formula is C11H14N2S. The molecule has 3 heteroatoms. The lowest BCUT2D eigenvalue weighted by Crippen LogP contribution is -1.88. The summed E-state index contributed by atoms with van der Waals surface area (Å²) in [4.78, 5) is 8.37. The Morgan fingerprint density at radius 1 is 1.50 bits per heavy atom. The maximum Gasteiger partial charge on any atom is 0.187 e. The molecule has 0 aromatic carbocycles. The fourth-order valence-corrected chi connectivity index (χ4v) is 2.50. The first-order valence-corrected chi connectivity index (χ1v) is 5.91. The lowest BCUT2D eigenvalue weighted by atomic mass is 10.3. The summed E-state index contributed by atoms with van der Waals surface area (Å²) in [6.07, 6.45) is 9.38. The van der Waals surface area contributed by atoms with Crippen molar-refractivity contribution in [3.8, 4) is 0 Å². The number of allylic oxidation sites excluding steroid dienone is 2. The Bertz CT molecular complexity index is 310. The number of rotatable bonds is 4. The molecule has 1 fully saturated rings. The molecule has 0 radical (unpaired) electrons. The molecule has 0 spiro atoms. The summed E-state index contributed by atoms with van der Waals surface area (Å²) in [5, 5.41) is 0.902. The van der Waals surface area contributed by atoms with Crippen LogP contribution in [0.4, 0.5) is 0 Å². The maximum absolute atomic E-state index is 4.18. The third-order valence-corrected chi connectivity index (χ3v) is 3.45. The fourth-order valence-electron chi connectivity index (χ4n) is 1.49. The smallest absolute Gasteiger partial charge is 0.187 e. The molecule has 1 aliphatic carbocycles. The molecular weight excluding hydrogens is 192 g/mol. The third kappa shape index (κ3) is 2.58. The summed E-state index contributed by atoms with van der Waals surface area (Å²) in [7, 11) is 0. The Morgan fingerprint density at radius 3 is 3.00 bits per heavy atom. The van der Waals surface area contributed by atoms with Gasteiger partial charge in [0, 0.05) is 18.1 Å². The van der Waals surface area contributed by atoms with E-state index >= 15 is 0 Å². The van der Waals surface area contributed by atoms with Crippen molar-refractivity contribution >= 4 is 11.8 Å². The summed E-state index contributed by atoms with van der Waals surface area (Å²) in [5.41, 5.74) is 0. The van der Waals surface area contributed by atoms with Crippen LogP contribution in [0.15, 0.2) is 35.8 Å². The van der Waals surface area contributed by atoms with E-state index in [0.29, 0.717) is 0 Å². The summed E-state index contributed by atoms with van der Waals surface area (Å²) in [5.74, 6) is 2.81. The average Bonchev–Trinajstić information content (AvgIpc) is 2.96. The lowest BCUT2D eigenvalue weighted by molar-refractivity contribution is 0.899. The van der Waals surface area contributed by atoms with Crippen molar-refractivity contribution in [1.82, 2.24) is 9.97 Å². The lowest BCUT2D eigenvalue weighted by Gasteiger charge is -1.96. The van der Waals surface area contributed by atoms with Gasteiger partial charge in [0.25, 0.3) is 0 Å². The predicted molar refractivity (Wildman–Crippen MR) is 59.2 cm³/mol. The third-order valence-electron chi connectivity index (χ3n) is 2.39. The van der Waals surface area contributed by atoms with Crippen molar-refractivity contribution in [2.75, 3.05) is 5.75 Å². The van der Waals surface area contributed by atoms with Crippen LogP contribution in [0.1, 0.15) is 13.3 Å². The summed E-state index contributed by atoms with van der Waals surface area (Å²) in [6, 6.07) is 1.85. The monoisotopic (exact) mass is 206 g/mol. The minimum atomic E-state index is 0.816. The standard InChI is InChI=1S/C11H14N2S/c1-2-4-9-7-10(9)8-14-11-12-5-3-6-13-11/h2-6,9-10H,7-8H2,1H3. The Labute approximate surface area is 88.9 Å². The van der Waals surface area contributed by atoms with Gasteiger partial charge in [-0.1, -0.05) is 23.9 Å². The van der Waals surface area contributed by atoms with Gasteiger partial charge >= 0.3 is 0 Å². The molecule has 1 aliphatic rings. The van der Waals surface area contributed by atoms with E-state index in [1.54, 1.807) is 24.2 Å². The SMILES string of the molecule is CC=CC1CC1CSc1ncccn1. The van der Waals surface area contributed by atoms with E-state index in [9.17, 15) is 0 Å². The van der Waals surface area contributed by atoms with Crippen LogP contribution in [0, 0.1) is 11.8 Å². The van der Waals surface area contributed by atoms with Crippen LogP contribution < -0.4 is 0 Å². The highest BCUT2D eigenvalue weighted by Gasteiger charge is 2.34. The van der Waals surface area contributed by atoms with Crippen molar-refractivity contribution in [3.63, 3.8) is 0 Å². The molecule has 1 aromatic rings. The van der Waals surface area contributed by atoms with Gasteiger partial charge in [-0.15, -0.1) is 0 Å². The molecule has 74 valence electrons. The topological polar surface area (TPSA) is 25.8 Å². The summed E-state index contributed by atoms with van der Waals surface area (Å²) in [6.45, 7) is 2.09.